The molecular formula is C13H15N3O. The molecule has 1 fully saturated rings. The summed E-state index contributed by atoms with van der Waals surface area (Å²) in [6.45, 7) is 3.72. The zero-order valence-electron chi connectivity index (χ0n) is 9.76. The van der Waals surface area contributed by atoms with Gasteiger partial charge in [0.1, 0.15) is 0 Å². The van der Waals surface area contributed by atoms with Gasteiger partial charge in [-0.05, 0) is 5.56 Å². The van der Waals surface area contributed by atoms with Gasteiger partial charge in [0.25, 0.3) is 0 Å². The van der Waals surface area contributed by atoms with Crippen LogP contribution < -0.4 is 5.32 Å². The Morgan fingerprint density at radius 2 is 1.94 bits per heavy atom. The van der Waals surface area contributed by atoms with Gasteiger partial charge in [-0.3, -0.25) is 0 Å². The van der Waals surface area contributed by atoms with E-state index in [2.05, 4.69) is 39.7 Å². The third-order valence-electron chi connectivity index (χ3n) is 3.32. The number of nitrogens with zero attached hydrogens (tertiary/aromatic N) is 2. The monoisotopic (exact) mass is 229 g/mol. The molecule has 2 heterocycles. The summed E-state index contributed by atoms with van der Waals surface area (Å²) in [5.41, 5.74) is 1.34. The molecule has 2 aromatic rings. The van der Waals surface area contributed by atoms with E-state index in [1.807, 2.05) is 13.0 Å². The predicted molar refractivity (Wildman–Crippen MR) is 63.8 cm³/mol. The quantitative estimate of drug-likeness (QED) is 0.853. The molecule has 0 saturated carbocycles. The van der Waals surface area contributed by atoms with E-state index < -0.39 is 0 Å². The summed E-state index contributed by atoms with van der Waals surface area (Å²) in [6, 6.07) is 10.5. The summed E-state index contributed by atoms with van der Waals surface area (Å²) in [7, 11) is 0. The van der Waals surface area contributed by atoms with Crippen LogP contribution in [0.4, 0.5) is 0 Å². The highest BCUT2D eigenvalue weighted by atomic mass is 16.5. The van der Waals surface area contributed by atoms with E-state index in [9.17, 15) is 0 Å². The fraction of sp³-hybridized carbons (Fsp3) is 0.385. The third kappa shape index (κ3) is 1.96. The van der Waals surface area contributed by atoms with Gasteiger partial charge in [-0.15, -0.1) is 0 Å². The van der Waals surface area contributed by atoms with Gasteiger partial charge in [0, 0.05) is 31.8 Å². The number of aryl methyl sites for hydroxylation is 1. The molecule has 0 bridgehead atoms. The molecule has 1 saturated heterocycles. The van der Waals surface area contributed by atoms with Gasteiger partial charge in [-0.1, -0.05) is 35.5 Å². The number of nitrogens with one attached hydrogen (secondary N) is 1. The molecule has 0 aliphatic carbocycles. The molecule has 0 unspecified atom stereocenters. The minimum Gasteiger partial charge on any atom is -0.340 e. The Morgan fingerprint density at radius 3 is 2.65 bits per heavy atom. The highest BCUT2D eigenvalue weighted by Crippen LogP contribution is 2.34. The molecule has 1 aromatic carbocycles. The fourth-order valence-corrected chi connectivity index (χ4v) is 2.47. The van der Waals surface area contributed by atoms with E-state index in [1.54, 1.807) is 0 Å². The van der Waals surface area contributed by atoms with E-state index in [-0.39, 0.29) is 0 Å². The van der Waals surface area contributed by atoms with Crippen molar-refractivity contribution in [3.05, 3.63) is 47.6 Å². The molecule has 0 amide bonds. The zero-order chi connectivity index (χ0) is 11.7. The van der Waals surface area contributed by atoms with Crippen LogP contribution in [0.3, 0.4) is 0 Å². The second kappa shape index (κ2) is 4.30. The molecule has 4 heteroatoms. The van der Waals surface area contributed by atoms with Gasteiger partial charge < -0.3 is 9.84 Å². The van der Waals surface area contributed by atoms with E-state index in [0.717, 1.165) is 18.9 Å². The van der Waals surface area contributed by atoms with Crippen LogP contribution in [0.2, 0.25) is 0 Å². The van der Waals surface area contributed by atoms with Crippen molar-refractivity contribution in [3.8, 4) is 0 Å². The first-order valence-corrected chi connectivity index (χ1v) is 5.90. The van der Waals surface area contributed by atoms with Crippen LogP contribution in [-0.2, 0) is 0 Å². The van der Waals surface area contributed by atoms with Crippen molar-refractivity contribution >= 4 is 0 Å². The topological polar surface area (TPSA) is 51.0 Å². The van der Waals surface area contributed by atoms with Crippen molar-refractivity contribution in [1.82, 2.24) is 15.5 Å². The summed E-state index contributed by atoms with van der Waals surface area (Å²) in [5, 5.41) is 7.45. The van der Waals surface area contributed by atoms with Crippen molar-refractivity contribution < 1.29 is 4.52 Å². The average Bonchev–Trinajstić information content (AvgIpc) is 2.98. The lowest BCUT2D eigenvalue weighted by Gasteiger charge is -2.15. The number of hydrogen-bond donors (Lipinski definition) is 1. The summed E-state index contributed by atoms with van der Waals surface area (Å²) in [4.78, 5) is 4.35. The molecule has 88 valence electrons. The van der Waals surface area contributed by atoms with Gasteiger partial charge in [-0.2, -0.15) is 4.98 Å². The SMILES string of the molecule is Cc1nc([C@@H]2CNC[C@H]2c2ccccc2)no1. The molecule has 1 aromatic heterocycles. The van der Waals surface area contributed by atoms with Crippen LogP contribution in [0.5, 0.6) is 0 Å². The van der Waals surface area contributed by atoms with Crippen LogP contribution >= 0.6 is 0 Å². The largest absolute Gasteiger partial charge is 0.340 e. The Balaban J connectivity index is 1.90. The maximum Gasteiger partial charge on any atom is 0.223 e. The molecule has 1 N–H and O–H groups in total. The highest BCUT2D eigenvalue weighted by molar-refractivity contribution is 5.25. The number of rotatable bonds is 2. The van der Waals surface area contributed by atoms with Crippen molar-refractivity contribution in [2.45, 2.75) is 18.8 Å². The summed E-state index contributed by atoms with van der Waals surface area (Å²) >= 11 is 0. The fourth-order valence-electron chi connectivity index (χ4n) is 2.47. The first-order chi connectivity index (χ1) is 8.34. The standard InChI is InChI=1S/C13H15N3O/c1-9-15-13(16-17-9)12-8-14-7-11(12)10-5-3-2-4-6-10/h2-6,11-12,14H,7-8H2,1H3/t11-,12+/m0/s1. The summed E-state index contributed by atoms with van der Waals surface area (Å²) in [5.74, 6) is 2.21. The van der Waals surface area contributed by atoms with Gasteiger partial charge in [0.05, 0.1) is 0 Å². The van der Waals surface area contributed by atoms with Gasteiger partial charge in [0.15, 0.2) is 5.82 Å². The lowest BCUT2D eigenvalue weighted by Crippen LogP contribution is -2.10. The third-order valence-corrected chi connectivity index (χ3v) is 3.32. The van der Waals surface area contributed by atoms with Gasteiger partial charge >= 0.3 is 0 Å². The first-order valence-electron chi connectivity index (χ1n) is 5.90. The zero-order valence-corrected chi connectivity index (χ0v) is 9.76. The Kier molecular flexibility index (Phi) is 2.65. The predicted octanol–water partition coefficient (Wildman–Crippen LogP) is 1.85. The number of aromatic nitrogens is 2. The molecule has 0 radical (unpaired) electrons. The van der Waals surface area contributed by atoms with Crippen LogP contribution in [0.25, 0.3) is 0 Å². The summed E-state index contributed by atoms with van der Waals surface area (Å²) in [6.07, 6.45) is 0. The maximum atomic E-state index is 5.07. The lowest BCUT2D eigenvalue weighted by molar-refractivity contribution is 0.382. The Labute approximate surface area is 100 Å². The molecule has 0 spiro atoms. The van der Waals surface area contributed by atoms with Crippen molar-refractivity contribution in [1.29, 1.82) is 0 Å². The minimum absolute atomic E-state index is 0.315. The lowest BCUT2D eigenvalue weighted by atomic mass is 9.88. The van der Waals surface area contributed by atoms with Crippen molar-refractivity contribution in [3.63, 3.8) is 0 Å². The second-order valence-corrected chi connectivity index (χ2v) is 4.45. The first kappa shape index (κ1) is 10.5. The molecule has 17 heavy (non-hydrogen) atoms. The molecule has 3 rings (SSSR count). The highest BCUT2D eigenvalue weighted by Gasteiger charge is 2.32. The molecule has 4 nitrogen and oxygen atoms in total. The molecule has 2 atom stereocenters. The van der Waals surface area contributed by atoms with Crippen LogP contribution in [0, 0.1) is 6.92 Å². The Bertz CT molecular complexity index is 494. The minimum atomic E-state index is 0.315. The van der Waals surface area contributed by atoms with Gasteiger partial charge in [0.2, 0.25) is 5.89 Å². The number of hydrogen-bond acceptors (Lipinski definition) is 4. The molecule has 1 aliphatic heterocycles. The Morgan fingerprint density at radius 1 is 1.18 bits per heavy atom. The van der Waals surface area contributed by atoms with Crippen molar-refractivity contribution in [2.75, 3.05) is 13.1 Å². The molecular weight excluding hydrogens is 214 g/mol. The van der Waals surface area contributed by atoms with E-state index >= 15 is 0 Å². The average molecular weight is 229 g/mol. The van der Waals surface area contributed by atoms with Crippen LogP contribution in [0.15, 0.2) is 34.9 Å². The number of benzene rings is 1. The van der Waals surface area contributed by atoms with E-state index in [1.165, 1.54) is 5.56 Å². The summed E-state index contributed by atoms with van der Waals surface area (Å²) < 4.78 is 5.07. The van der Waals surface area contributed by atoms with Crippen molar-refractivity contribution in [2.24, 2.45) is 0 Å². The van der Waals surface area contributed by atoms with Crippen LogP contribution in [-0.4, -0.2) is 23.2 Å². The molecule has 1 aliphatic rings. The van der Waals surface area contributed by atoms with Gasteiger partial charge in [-0.25, -0.2) is 0 Å². The van der Waals surface area contributed by atoms with E-state index in [0.29, 0.717) is 17.7 Å². The maximum absolute atomic E-state index is 5.07. The van der Waals surface area contributed by atoms with Crippen LogP contribution in [0.1, 0.15) is 29.1 Å². The second-order valence-electron chi connectivity index (χ2n) is 4.45. The smallest absolute Gasteiger partial charge is 0.223 e. The van der Waals surface area contributed by atoms with E-state index in [4.69, 9.17) is 4.52 Å². The normalized spacial score (nSPS) is 24.1. The Hall–Kier alpha value is -1.68.